The predicted octanol–water partition coefficient (Wildman–Crippen LogP) is 2.19. The summed E-state index contributed by atoms with van der Waals surface area (Å²) in [4.78, 5) is 16.7. The second-order valence-corrected chi connectivity index (χ2v) is 6.25. The first kappa shape index (κ1) is 17.5. The van der Waals surface area contributed by atoms with Gasteiger partial charge in [-0.25, -0.2) is 0 Å². The van der Waals surface area contributed by atoms with Gasteiger partial charge in [0, 0.05) is 38.3 Å². The number of carbonyl (C=O) groups is 1. The molecule has 1 saturated heterocycles. The van der Waals surface area contributed by atoms with Gasteiger partial charge in [0.25, 0.3) is 5.91 Å². The number of aliphatic hydroxyl groups excluding tert-OH is 1. The molecule has 0 aromatic heterocycles. The predicted molar refractivity (Wildman–Crippen MR) is 96.7 cm³/mol. The van der Waals surface area contributed by atoms with Crippen LogP contribution in [-0.2, 0) is 0 Å². The standard InChI is InChI=1S/C20H24N2O3/c1-25-18-9-5-8-17(14-18)20(24)22-12-10-21(11-13-22)15-19(23)16-6-3-2-4-7-16/h2-9,14,19,23H,10-13,15H2,1H3/t19-/m0/s1. The van der Waals surface area contributed by atoms with Crippen molar-refractivity contribution in [3.63, 3.8) is 0 Å². The van der Waals surface area contributed by atoms with Crippen molar-refractivity contribution in [2.45, 2.75) is 6.10 Å². The van der Waals surface area contributed by atoms with E-state index in [1.165, 1.54) is 0 Å². The van der Waals surface area contributed by atoms with Crippen molar-refractivity contribution in [2.75, 3.05) is 39.8 Å². The van der Waals surface area contributed by atoms with Gasteiger partial charge in [-0.1, -0.05) is 36.4 Å². The number of carbonyl (C=O) groups excluding carboxylic acids is 1. The van der Waals surface area contributed by atoms with Crippen LogP contribution in [0.5, 0.6) is 5.75 Å². The molecule has 25 heavy (non-hydrogen) atoms. The van der Waals surface area contributed by atoms with Crippen molar-refractivity contribution in [3.05, 3.63) is 65.7 Å². The third-order valence-corrected chi connectivity index (χ3v) is 4.59. The van der Waals surface area contributed by atoms with Gasteiger partial charge >= 0.3 is 0 Å². The molecule has 3 rings (SSSR count). The molecule has 1 atom stereocenters. The molecule has 5 heteroatoms. The van der Waals surface area contributed by atoms with Crippen LogP contribution in [-0.4, -0.2) is 60.6 Å². The van der Waals surface area contributed by atoms with Gasteiger partial charge in [0.2, 0.25) is 0 Å². The molecule has 0 saturated carbocycles. The molecule has 0 radical (unpaired) electrons. The Kier molecular flexibility index (Phi) is 5.68. The van der Waals surface area contributed by atoms with Gasteiger partial charge in [0.15, 0.2) is 0 Å². The Morgan fingerprint density at radius 3 is 2.48 bits per heavy atom. The quantitative estimate of drug-likeness (QED) is 0.906. The molecule has 1 fully saturated rings. The van der Waals surface area contributed by atoms with Crippen LogP contribution >= 0.6 is 0 Å². The fourth-order valence-electron chi connectivity index (χ4n) is 3.10. The first-order chi connectivity index (χ1) is 12.2. The minimum atomic E-state index is -0.498. The summed E-state index contributed by atoms with van der Waals surface area (Å²) in [5, 5.41) is 10.3. The molecule has 1 amide bonds. The van der Waals surface area contributed by atoms with E-state index in [9.17, 15) is 9.90 Å². The maximum absolute atomic E-state index is 12.6. The monoisotopic (exact) mass is 340 g/mol. The third-order valence-electron chi connectivity index (χ3n) is 4.59. The van der Waals surface area contributed by atoms with Crippen LogP contribution in [0.25, 0.3) is 0 Å². The highest BCUT2D eigenvalue weighted by Crippen LogP contribution is 2.17. The summed E-state index contributed by atoms with van der Waals surface area (Å²) < 4.78 is 5.19. The number of β-amino-alcohol motifs (C(OH)–C–C–N with tert-alkyl or cyclic N) is 1. The fourth-order valence-corrected chi connectivity index (χ4v) is 3.10. The number of hydrogen-bond donors (Lipinski definition) is 1. The van der Waals surface area contributed by atoms with Crippen LogP contribution in [0.2, 0.25) is 0 Å². The number of ether oxygens (including phenoxy) is 1. The van der Waals surface area contributed by atoms with Crippen LogP contribution in [0.1, 0.15) is 22.0 Å². The molecule has 1 N–H and O–H groups in total. The maximum Gasteiger partial charge on any atom is 0.254 e. The molecule has 1 heterocycles. The van der Waals surface area contributed by atoms with Gasteiger partial charge in [-0.3, -0.25) is 9.69 Å². The summed E-state index contributed by atoms with van der Waals surface area (Å²) in [5.41, 5.74) is 1.58. The van der Waals surface area contributed by atoms with E-state index in [-0.39, 0.29) is 5.91 Å². The maximum atomic E-state index is 12.6. The third kappa shape index (κ3) is 4.38. The first-order valence-electron chi connectivity index (χ1n) is 8.56. The van der Waals surface area contributed by atoms with Crippen molar-refractivity contribution < 1.29 is 14.6 Å². The Hall–Kier alpha value is -2.37. The summed E-state index contributed by atoms with van der Waals surface area (Å²) >= 11 is 0. The highest BCUT2D eigenvalue weighted by Gasteiger charge is 2.23. The second-order valence-electron chi connectivity index (χ2n) is 6.25. The Balaban J connectivity index is 1.53. The summed E-state index contributed by atoms with van der Waals surface area (Å²) in [6.07, 6.45) is -0.498. The number of hydrogen-bond acceptors (Lipinski definition) is 4. The van der Waals surface area contributed by atoms with E-state index >= 15 is 0 Å². The molecule has 5 nitrogen and oxygen atoms in total. The smallest absolute Gasteiger partial charge is 0.254 e. The Bertz CT molecular complexity index is 697. The molecule has 132 valence electrons. The van der Waals surface area contributed by atoms with Gasteiger partial charge in [-0.05, 0) is 23.8 Å². The summed E-state index contributed by atoms with van der Waals surface area (Å²) in [6, 6.07) is 16.9. The lowest BCUT2D eigenvalue weighted by molar-refractivity contribution is 0.0527. The van der Waals surface area contributed by atoms with Crippen LogP contribution in [0.15, 0.2) is 54.6 Å². The van der Waals surface area contributed by atoms with E-state index in [1.54, 1.807) is 13.2 Å². The number of methoxy groups -OCH3 is 1. The van der Waals surface area contributed by atoms with E-state index in [4.69, 9.17) is 4.74 Å². The number of aliphatic hydroxyl groups is 1. The lowest BCUT2D eigenvalue weighted by Crippen LogP contribution is -2.49. The number of benzene rings is 2. The largest absolute Gasteiger partial charge is 0.497 e. The van der Waals surface area contributed by atoms with E-state index < -0.39 is 6.10 Å². The van der Waals surface area contributed by atoms with Crippen molar-refractivity contribution in [3.8, 4) is 5.75 Å². The van der Waals surface area contributed by atoms with E-state index in [2.05, 4.69) is 4.90 Å². The minimum Gasteiger partial charge on any atom is -0.497 e. The lowest BCUT2D eigenvalue weighted by atomic mass is 10.1. The molecule has 0 spiro atoms. The molecular formula is C20H24N2O3. The normalized spacial score (nSPS) is 16.5. The molecule has 0 bridgehead atoms. The van der Waals surface area contributed by atoms with Gasteiger partial charge in [0.05, 0.1) is 13.2 Å². The molecule has 1 aliphatic rings. The van der Waals surface area contributed by atoms with Crippen LogP contribution < -0.4 is 4.74 Å². The van der Waals surface area contributed by atoms with E-state index in [0.717, 1.165) is 18.7 Å². The van der Waals surface area contributed by atoms with Crippen molar-refractivity contribution in [1.82, 2.24) is 9.80 Å². The molecular weight excluding hydrogens is 316 g/mol. The zero-order chi connectivity index (χ0) is 17.6. The van der Waals surface area contributed by atoms with Crippen LogP contribution in [0.4, 0.5) is 0 Å². The Morgan fingerprint density at radius 1 is 1.08 bits per heavy atom. The van der Waals surface area contributed by atoms with Gasteiger partial charge in [-0.15, -0.1) is 0 Å². The number of piperazine rings is 1. The first-order valence-corrected chi connectivity index (χ1v) is 8.56. The number of amides is 1. The minimum absolute atomic E-state index is 0.0298. The van der Waals surface area contributed by atoms with Gasteiger partial charge in [-0.2, -0.15) is 0 Å². The Morgan fingerprint density at radius 2 is 1.80 bits per heavy atom. The number of nitrogens with zero attached hydrogens (tertiary/aromatic N) is 2. The average Bonchev–Trinajstić information content (AvgIpc) is 2.68. The van der Waals surface area contributed by atoms with E-state index in [0.29, 0.717) is 30.9 Å². The molecule has 0 aliphatic carbocycles. The van der Waals surface area contributed by atoms with Crippen molar-refractivity contribution in [2.24, 2.45) is 0 Å². The topological polar surface area (TPSA) is 53.0 Å². The average molecular weight is 340 g/mol. The summed E-state index contributed by atoms with van der Waals surface area (Å²) in [7, 11) is 1.60. The van der Waals surface area contributed by atoms with E-state index in [1.807, 2.05) is 53.4 Å². The molecule has 2 aromatic rings. The van der Waals surface area contributed by atoms with Crippen LogP contribution in [0.3, 0.4) is 0 Å². The zero-order valence-electron chi connectivity index (χ0n) is 14.5. The van der Waals surface area contributed by atoms with Gasteiger partial charge in [0.1, 0.15) is 5.75 Å². The lowest BCUT2D eigenvalue weighted by Gasteiger charge is -2.35. The zero-order valence-corrected chi connectivity index (χ0v) is 14.5. The molecule has 2 aromatic carbocycles. The summed E-state index contributed by atoms with van der Waals surface area (Å²) in [5.74, 6) is 0.720. The highest BCUT2D eigenvalue weighted by molar-refractivity contribution is 5.94. The van der Waals surface area contributed by atoms with Crippen molar-refractivity contribution in [1.29, 1.82) is 0 Å². The second kappa shape index (κ2) is 8.14. The summed E-state index contributed by atoms with van der Waals surface area (Å²) in [6.45, 7) is 3.44. The van der Waals surface area contributed by atoms with Crippen molar-refractivity contribution >= 4 is 5.91 Å². The molecule has 1 aliphatic heterocycles. The SMILES string of the molecule is COc1cccc(C(=O)N2CCN(C[C@H](O)c3ccccc3)CC2)c1. The highest BCUT2D eigenvalue weighted by atomic mass is 16.5. The fraction of sp³-hybridized carbons (Fsp3) is 0.350. The van der Waals surface area contributed by atoms with Gasteiger partial charge < -0.3 is 14.7 Å². The molecule has 0 unspecified atom stereocenters. The number of rotatable bonds is 5. The Labute approximate surface area is 148 Å². The van der Waals surface area contributed by atoms with Crippen LogP contribution in [0, 0.1) is 0 Å².